The Morgan fingerprint density at radius 1 is 1.14 bits per heavy atom. The van der Waals surface area contributed by atoms with E-state index >= 15 is 0 Å². The Labute approximate surface area is 132 Å². The van der Waals surface area contributed by atoms with Gasteiger partial charge in [-0.3, -0.25) is 0 Å². The van der Waals surface area contributed by atoms with Crippen molar-refractivity contribution in [1.29, 1.82) is 0 Å². The summed E-state index contributed by atoms with van der Waals surface area (Å²) in [5.74, 6) is 1.49. The van der Waals surface area contributed by atoms with E-state index in [0.29, 0.717) is 0 Å². The van der Waals surface area contributed by atoms with Crippen LogP contribution in [-0.2, 0) is 0 Å². The molecule has 0 unspecified atom stereocenters. The molecule has 0 aliphatic carbocycles. The van der Waals surface area contributed by atoms with E-state index in [-0.39, 0.29) is 0 Å². The molecule has 1 N–H and O–H groups in total. The summed E-state index contributed by atoms with van der Waals surface area (Å²) in [5.41, 5.74) is 2.90. The Bertz CT molecular complexity index is 582. The van der Waals surface area contributed by atoms with Crippen LogP contribution in [0.15, 0.2) is 24.7 Å². The van der Waals surface area contributed by atoms with Crippen LogP contribution in [0, 0.1) is 0 Å². The molecule has 0 radical (unpaired) electrons. The molecule has 0 bridgehead atoms. The third kappa shape index (κ3) is 3.35. The molecule has 120 valence electrons. The summed E-state index contributed by atoms with van der Waals surface area (Å²) < 4.78 is 11.2. The summed E-state index contributed by atoms with van der Waals surface area (Å²) >= 11 is 0. The lowest BCUT2D eigenvalue weighted by Crippen LogP contribution is -2.19. The van der Waals surface area contributed by atoms with Crippen molar-refractivity contribution >= 4 is 5.69 Å². The van der Waals surface area contributed by atoms with Gasteiger partial charge in [0.1, 0.15) is 0 Å². The topological polar surface area (TPSA) is 50.4 Å². The number of benzene rings is 1. The zero-order valence-electron chi connectivity index (χ0n) is 13.8. The standard InChI is InChI=1S/C17H25N3O2/c1-5-6-7-10-20(2)15-9-8-13(14-11-18-12-19-14)16(21-3)17(15)22-4/h8-9,11-12H,5-7,10H2,1-4H3,(H,18,19). The monoisotopic (exact) mass is 303 g/mol. The molecule has 1 heterocycles. The largest absolute Gasteiger partial charge is 0.492 e. The van der Waals surface area contributed by atoms with E-state index in [9.17, 15) is 0 Å². The molecule has 0 fully saturated rings. The van der Waals surface area contributed by atoms with Gasteiger partial charge in [0, 0.05) is 19.2 Å². The van der Waals surface area contributed by atoms with Gasteiger partial charge < -0.3 is 19.4 Å². The van der Waals surface area contributed by atoms with Crippen LogP contribution < -0.4 is 14.4 Å². The number of hydrogen-bond acceptors (Lipinski definition) is 4. The lowest BCUT2D eigenvalue weighted by Gasteiger charge is -2.24. The van der Waals surface area contributed by atoms with Gasteiger partial charge in [-0.2, -0.15) is 0 Å². The first-order chi connectivity index (χ1) is 10.7. The number of nitrogens with zero attached hydrogens (tertiary/aromatic N) is 2. The summed E-state index contributed by atoms with van der Waals surface area (Å²) in [6.45, 7) is 3.21. The molecular formula is C17H25N3O2. The molecule has 2 aromatic rings. The first-order valence-corrected chi connectivity index (χ1v) is 7.67. The average molecular weight is 303 g/mol. The zero-order valence-corrected chi connectivity index (χ0v) is 13.8. The van der Waals surface area contributed by atoms with E-state index < -0.39 is 0 Å². The number of unbranched alkanes of at least 4 members (excludes halogenated alkanes) is 2. The lowest BCUT2D eigenvalue weighted by molar-refractivity contribution is 0.356. The van der Waals surface area contributed by atoms with Crippen molar-refractivity contribution in [1.82, 2.24) is 9.97 Å². The highest BCUT2D eigenvalue weighted by Gasteiger charge is 2.19. The predicted molar refractivity (Wildman–Crippen MR) is 89.9 cm³/mol. The van der Waals surface area contributed by atoms with Crippen molar-refractivity contribution in [3.8, 4) is 22.8 Å². The third-order valence-corrected chi connectivity index (χ3v) is 3.80. The predicted octanol–water partition coefficient (Wildman–Crippen LogP) is 3.72. The summed E-state index contributed by atoms with van der Waals surface area (Å²) in [7, 11) is 5.43. The highest BCUT2D eigenvalue weighted by molar-refractivity contribution is 5.78. The zero-order chi connectivity index (χ0) is 15.9. The minimum atomic E-state index is 0.728. The minimum absolute atomic E-state index is 0.728. The van der Waals surface area contributed by atoms with Crippen molar-refractivity contribution in [2.45, 2.75) is 26.2 Å². The maximum Gasteiger partial charge on any atom is 0.184 e. The fourth-order valence-corrected chi connectivity index (χ4v) is 2.59. The Balaban J connectivity index is 2.36. The van der Waals surface area contributed by atoms with Crippen LogP contribution in [0.5, 0.6) is 11.5 Å². The molecule has 1 aromatic carbocycles. The van der Waals surface area contributed by atoms with Gasteiger partial charge in [0.25, 0.3) is 0 Å². The van der Waals surface area contributed by atoms with Gasteiger partial charge in [0.05, 0.1) is 38.1 Å². The summed E-state index contributed by atoms with van der Waals surface area (Å²) in [4.78, 5) is 9.40. The van der Waals surface area contributed by atoms with Crippen LogP contribution in [0.2, 0.25) is 0 Å². The van der Waals surface area contributed by atoms with E-state index in [2.05, 4.69) is 34.9 Å². The number of methoxy groups -OCH3 is 2. The van der Waals surface area contributed by atoms with Crippen LogP contribution in [0.25, 0.3) is 11.3 Å². The van der Waals surface area contributed by atoms with Crippen molar-refractivity contribution in [2.75, 3.05) is 32.7 Å². The molecule has 5 heteroatoms. The van der Waals surface area contributed by atoms with Gasteiger partial charge in [-0.1, -0.05) is 19.8 Å². The van der Waals surface area contributed by atoms with Gasteiger partial charge in [-0.05, 0) is 18.6 Å². The number of aromatic amines is 1. The van der Waals surface area contributed by atoms with E-state index in [1.807, 2.05) is 6.07 Å². The van der Waals surface area contributed by atoms with Gasteiger partial charge in [-0.15, -0.1) is 0 Å². The van der Waals surface area contributed by atoms with Gasteiger partial charge in [-0.25, -0.2) is 4.98 Å². The molecule has 0 atom stereocenters. The van der Waals surface area contributed by atoms with E-state index in [4.69, 9.17) is 9.47 Å². The van der Waals surface area contributed by atoms with Crippen molar-refractivity contribution in [3.63, 3.8) is 0 Å². The average Bonchev–Trinajstić information content (AvgIpc) is 3.07. The number of rotatable bonds is 8. The molecular weight excluding hydrogens is 278 g/mol. The van der Waals surface area contributed by atoms with Gasteiger partial charge >= 0.3 is 0 Å². The van der Waals surface area contributed by atoms with E-state index in [1.54, 1.807) is 26.7 Å². The lowest BCUT2D eigenvalue weighted by atomic mass is 10.1. The second-order valence-electron chi connectivity index (χ2n) is 5.29. The number of anilines is 1. The van der Waals surface area contributed by atoms with Crippen LogP contribution in [-0.4, -0.2) is 37.8 Å². The molecule has 5 nitrogen and oxygen atoms in total. The third-order valence-electron chi connectivity index (χ3n) is 3.80. The quantitative estimate of drug-likeness (QED) is 0.755. The van der Waals surface area contributed by atoms with Crippen molar-refractivity contribution in [3.05, 3.63) is 24.7 Å². The second kappa shape index (κ2) is 7.73. The first kappa shape index (κ1) is 16.2. The summed E-state index contributed by atoms with van der Waals surface area (Å²) in [5, 5.41) is 0. The maximum atomic E-state index is 5.63. The van der Waals surface area contributed by atoms with Gasteiger partial charge in [0.15, 0.2) is 11.5 Å². The van der Waals surface area contributed by atoms with E-state index in [1.165, 1.54) is 19.3 Å². The molecule has 1 aromatic heterocycles. The number of hydrogen-bond donors (Lipinski definition) is 1. The summed E-state index contributed by atoms with van der Waals surface area (Å²) in [6.07, 6.45) is 7.05. The molecule has 0 aliphatic heterocycles. The van der Waals surface area contributed by atoms with Crippen molar-refractivity contribution < 1.29 is 9.47 Å². The Morgan fingerprint density at radius 2 is 1.91 bits per heavy atom. The maximum absolute atomic E-state index is 5.63. The minimum Gasteiger partial charge on any atom is -0.492 e. The molecule has 2 rings (SSSR count). The number of aromatic nitrogens is 2. The first-order valence-electron chi connectivity index (χ1n) is 7.67. The molecule has 22 heavy (non-hydrogen) atoms. The fourth-order valence-electron chi connectivity index (χ4n) is 2.59. The number of H-pyrrole nitrogens is 1. The second-order valence-corrected chi connectivity index (χ2v) is 5.29. The van der Waals surface area contributed by atoms with Crippen LogP contribution >= 0.6 is 0 Å². The van der Waals surface area contributed by atoms with E-state index in [0.717, 1.165) is 35.0 Å². The SMILES string of the molecule is CCCCCN(C)c1ccc(-c2cnc[nH]2)c(OC)c1OC. The van der Waals surface area contributed by atoms with Gasteiger partial charge in [0.2, 0.25) is 0 Å². The van der Waals surface area contributed by atoms with Crippen LogP contribution in [0.3, 0.4) is 0 Å². The molecule has 0 spiro atoms. The normalized spacial score (nSPS) is 10.5. The molecule has 0 saturated carbocycles. The highest BCUT2D eigenvalue weighted by Crippen LogP contribution is 2.43. The highest BCUT2D eigenvalue weighted by atomic mass is 16.5. The Kier molecular flexibility index (Phi) is 5.69. The van der Waals surface area contributed by atoms with Crippen molar-refractivity contribution in [2.24, 2.45) is 0 Å². The number of nitrogens with one attached hydrogen (secondary N) is 1. The van der Waals surface area contributed by atoms with Crippen LogP contribution in [0.1, 0.15) is 26.2 Å². The summed E-state index contributed by atoms with van der Waals surface area (Å²) in [6, 6.07) is 4.12. The number of ether oxygens (including phenoxy) is 2. The van der Waals surface area contributed by atoms with Crippen LogP contribution in [0.4, 0.5) is 5.69 Å². The Morgan fingerprint density at radius 3 is 2.50 bits per heavy atom. The fraction of sp³-hybridized carbons (Fsp3) is 0.471. The number of imidazole rings is 1. The molecule has 0 aliphatic rings. The molecule has 0 amide bonds. The molecule has 0 saturated heterocycles. The Hall–Kier alpha value is -2.17. The smallest absolute Gasteiger partial charge is 0.184 e.